The summed E-state index contributed by atoms with van der Waals surface area (Å²) in [6, 6.07) is 2.95. The molecule has 1 aliphatic rings. The zero-order chi connectivity index (χ0) is 11.7. The van der Waals surface area contributed by atoms with Crippen molar-refractivity contribution in [2.45, 2.75) is 12.5 Å². The van der Waals surface area contributed by atoms with Gasteiger partial charge in [-0.2, -0.15) is 0 Å². The van der Waals surface area contributed by atoms with Crippen molar-refractivity contribution in [3.05, 3.63) is 34.2 Å². The molecular formula is C11H14N2O3. The Balaban J connectivity index is 2.21. The summed E-state index contributed by atoms with van der Waals surface area (Å²) in [5.41, 5.74) is 0.183. The predicted molar refractivity (Wildman–Crippen MR) is 58.2 cm³/mol. The van der Waals surface area contributed by atoms with Gasteiger partial charge < -0.3 is 14.6 Å². The average Bonchev–Trinajstić information content (AvgIpc) is 2.68. The van der Waals surface area contributed by atoms with Crippen LogP contribution in [0.4, 0.5) is 0 Å². The lowest BCUT2D eigenvalue weighted by atomic mass is 10.2. The van der Waals surface area contributed by atoms with Crippen LogP contribution in [-0.2, 0) is 7.05 Å². The maximum Gasteiger partial charge on any atom is 0.254 e. The highest BCUT2D eigenvalue weighted by molar-refractivity contribution is 5.94. The van der Waals surface area contributed by atoms with Crippen molar-refractivity contribution < 1.29 is 9.90 Å². The summed E-state index contributed by atoms with van der Waals surface area (Å²) in [5.74, 6) is -0.186. The molecule has 2 rings (SSSR count). The lowest BCUT2D eigenvalue weighted by Gasteiger charge is -2.15. The van der Waals surface area contributed by atoms with E-state index in [4.69, 9.17) is 0 Å². The van der Waals surface area contributed by atoms with E-state index in [1.807, 2.05) is 0 Å². The van der Waals surface area contributed by atoms with Gasteiger partial charge in [0.15, 0.2) is 0 Å². The van der Waals surface area contributed by atoms with Gasteiger partial charge in [0.05, 0.1) is 6.10 Å². The van der Waals surface area contributed by atoms with Crippen LogP contribution < -0.4 is 5.56 Å². The molecular weight excluding hydrogens is 208 g/mol. The van der Waals surface area contributed by atoms with Gasteiger partial charge in [-0.05, 0) is 12.5 Å². The number of aliphatic hydroxyl groups excluding tert-OH is 1. The maximum atomic E-state index is 11.9. The second kappa shape index (κ2) is 4.09. The Labute approximate surface area is 92.9 Å². The number of carbonyl (C=O) groups is 1. The van der Waals surface area contributed by atoms with Crippen LogP contribution >= 0.6 is 0 Å². The molecule has 2 heterocycles. The number of carbonyl (C=O) groups excluding carboxylic acids is 1. The maximum absolute atomic E-state index is 11.9. The fourth-order valence-corrected chi connectivity index (χ4v) is 1.79. The summed E-state index contributed by atoms with van der Waals surface area (Å²) in [6.07, 6.45) is 1.74. The molecule has 5 heteroatoms. The van der Waals surface area contributed by atoms with Crippen molar-refractivity contribution >= 4 is 5.91 Å². The van der Waals surface area contributed by atoms with Crippen LogP contribution in [0.2, 0.25) is 0 Å². The minimum atomic E-state index is -0.435. The number of hydrogen-bond donors (Lipinski definition) is 1. The zero-order valence-corrected chi connectivity index (χ0v) is 9.09. The third-order valence-electron chi connectivity index (χ3n) is 2.80. The highest BCUT2D eigenvalue weighted by atomic mass is 16.3. The zero-order valence-electron chi connectivity index (χ0n) is 9.09. The van der Waals surface area contributed by atoms with Gasteiger partial charge in [0.25, 0.3) is 11.5 Å². The third-order valence-corrected chi connectivity index (χ3v) is 2.80. The highest BCUT2D eigenvalue weighted by Crippen LogP contribution is 2.12. The Hall–Kier alpha value is -1.62. The van der Waals surface area contributed by atoms with Gasteiger partial charge in [-0.25, -0.2) is 0 Å². The average molecular weight is 222 g/mol. The largest absolute Gasteiger partial charge is 0.391 e. The number of aryl methyl sites for hydroxylation is 1. The van der Waals surface area contributed by atoms with E-state index >= 15 is 0 Å². The molecule has 1 amide bonds. The fraction of sp³-hybridized carbons (Fsp3) is 0.455. The lowest BCUT2D eigenvalue weighted by Crippen LogP contribution is -2.30. The Morgan fingerprint density at radius 1 is 1.56 bits per heavy atom. The molecule has 0 unspecified atom stereocenters. The molecule has 1 fully saturated rings. The van der Waals surface area contributed by atoms with E-state index in [9.17, 15) is 14.7 Å². The van der Waals surface area contributed by atoms with Gasteiger partial charge in [-0.3, -0.25) is 9.59 Å². The Bertz CT molecular complexity index is 467. The lowest BCUT2D eigenvalue weighted by molar-refractivity contribution is 0.0764. The van der Waals surface area contributed by atoms with E-state index in [1.54, 1.807) is 24.2 Å². The molecule has 1 N–H and O–H groups in total. The topological polar surface area (TPSA) is 62.5 Å². The van der Waals surface area contributed by atoms with Crippen molar-refractivity contribution in [1.82, 2.24) is 9.47 Å². The minimum Gasteiger partial charge on any atom is -0.391 e. The molecule has 0 saturated carbocycles. The first-order chi connectivity index (χ1) is 7.58. The summed E-state index contributed by atoms with van der Waals surface area (Å²) < 4.78 is 1.41. The van der Waals surface area contributed by atoms with Crippen LogP contribution in [0.3, 0.4) is 0 Å². The quantitative estimate of drug-likeness (QED) is 0.702. The van der Waals surface area contributed by atoms with Crippen molar-refractivity contribution in [3.63, 3.8) is 0 Å². The molecule has 86 valence electrons. The normalized spacial score (nSPS) is 20.1. The fourth-order valence-electron chi connectivity index (χ4n) is 1.79. The van der Waals surface area contributed by atoms with Gasteiger partial charge in [0, 0.05) is 38.0 Å². The number of amides is 1. The van der Waals surface area contributed by atoms with Crippen LogP contribution in [0, 0.1) is 0 Å². The summed E-state index contributed by atoms with van der Waals surface area (Å²) in [7, 11) is 1.64. The smallest absolute Gasteiger partial charge is 0.254 e. The number of aromatic nitrogens is 1. The number of hydrogen-bond acceptors (Lipinski definition) is 3. The van der Waals surface area contributed by atoms with Crippen molar-refractivity contribution in [2.75, 3.05) is 13.1 Å². The highest BCUT2D eigenvalue weighted by Gasteiger charge is 2.25. The number of likely N-dealkylation sites (tertiary alicyclic amines) is 1. The van der Waals surface area contributed by atoms with Gasteiger partial charge in [-0.1, -0.05) is 0 Å². The van der Waals surface area contributed by atoms with Crippen LogP contribution in [0.1, 0.15) is 16.8 Å². The Kier molecular flexibility index (Phi) is 2.78. The van der Waals surface area contributed by atoms with Crippen LogP contribution in [-0.4, -0.2) is 39.7 Å². The van der Waals surface area contributed by atoms with E-state index in [1.165, 1.54) is 10.6 Å². The van der Waals surface area contributed by atoms with Gasteiger partial charge >= 0.3 is 0 Å². The SMILES string of the molecule is Cn1ccc(C(=O)N2CC[C@@H](O)C2)cc1=O. The second-order valence-electron chi connectivity index (χ2n) is 4.06. The Morgan fingerprint density at radius 3 is 2.88 bits per heavy atom. The third kappa shape index (κ3) is 1.99. The molecule has 5 nitrogen and oxygen atoms in total. The summed E-state index contributed by atoms with van der Waals surface area (Å²) in [5, 5.41) is 9.33. The predicted octanol–water partition coefficient (Wildman–Crippen LogP) is -0.408. The number of nitrogens with zero attached hydrogens (tertiary/aromatic N) is 2. The minimum absolute atomic E-state index is 0.186. The molecule has 1 saturated heterocycles. The molecule has 0 radical (unpaired) electrons. The number of β-amino-alcohol motifs (C(OH)–C–C–N with tert-alkyl or cyclic N) is 1. The monoisotopic (exact) mass is 222 g/mol. The van der Waals surface area contributed by atoms with Gasteiger partial charge in [0.1, 0.15) is 0 Å². The van der Waals surface area contributed by atoms with E-state index in [0.29, 0.717) is 25.1 Å². The van der Waals surface area contributed by atoms with E-state index in [2.05, 4.69) is 0 Å². The first-order valence-corrected chi connectivity index (χ1v) is 5.22. The molecule has 0 bridgehead atoms. The van der Waals surface area contributed by atoms with Crippen LogP contribution in [0.25, 0.3) is 0 Å². The molecule has 0 aliphatic carbocycles. The Morgan fingerprint density at radius 2 is 2.31 bits per heavy atom. The molecule has 1 aromatic heterocycles. The van der Waals surface area contributed by atoms with Gasteiger partial charge in [0.2, 0.25) is 0 Å². The van der Waals surface area contributed by atoms with Crippen molar-refractivity contribution in [3.8, 4) is 0 Å². The molecule has 1 atom stereocenters. The summed E-state index contributed by atoms with van der Waals surface area (Å²) >= 11 is 0. The summed E-state index contributed by atoms with van der Waals surface area (Å²) in [6.45, 7) is 0.906. The number of pyridine rings is 1. The molecule has 0 aromatic carbocycles. The van der Waals surface area contributed by atoms with Crippen LogP contribution in [0.5, 0.6) is 0 Å². The molecule has 16 heavy (non-hydrogen) atoms. The van der Waals surface area contributed by atoms with Gasteiger partial charge in [-0.15, -0.1) is 0 Å². The van der Waals surface area contributed by atoms with E-state index in [-0.39, 0.29) is 11.5 Å². The van der Waals surface area contributed by atoms with Crippen LogP contribution in [0.15, 0.2) is 23.1 Å². The van der Waals surface area contributed by atoms with E-state index in [0.717, 1.165) is 0 Å². The first-order valence-electron chi connectivity index (χ1n) is 5.22. The molecule has 0 spiro atoms. The first kappa shape index (κ1) is 10.9. The van der Waals surface area contributed by atoms with Crippen molar-refractivity contribution in [1.29, 1.82) is 0 Å². The van der Waals surface area contributed by atoms with E-state index < -0.39 is 6.10 Å². The molecule has 1 aliphatic heterocycles. The summed E-state index contributed by atoms with van der Waals surface area (Å²) in [4.78, 5) is 24.9. The van der Waals surface area contributed by atoms with Crippen molar-refractivity contribution in [2.24, 2.45) is 7.05 Å². The number of aliphatic hydroxyl groups is 1. The standard InChI is InChI=1S/C11H14N2O3/c1-12-4-2-8(6-10(12)15)11(16)13-5-3-9(14)7-13/h2,4,6,9,14H,3,5,7H2,1H3/t9-/m1/s1. The molecule has 1 aromatic rings. The number of rotatable bonds is 1. The second-order valence-corrected chi connectivity index (χ2v) is 4.06.